The van der Waals surface area contributed by atoms with E-state index < -0.39 is 0 Å². The van der Waals surface area contributed by atoms with Gasteiger partial charge in [-0.25, -0.2) is 0 Å². The Kier molecular flexibility index (Phi) is 5.43. The van der Waals surface area contributed by atoms with Gasteiger partial charge in [-0.15, -0.1) is 0 Å². The molecule has 2 unspecified atom stereocenters. The van der Waals surface area contributed by atoms with Gasteiger partial charge in [0, 0.05) is 50.8 Å². The first-order valence-corrected chi connectivity index (χ1v) is 10.7. The maximum Gasteiger partial charge on any atom is 0.274 e. The van der Waals surface area contributed by atoms with Gasteiger partial charge in [0.05, 0.1) is 0 Å². The number of aromatic nitrogens is 2. The molecular weight excluding hydrogens is 364 g/mol. The molecule has 1 aromatic heterocycles. The number of rotatable bonds is 5. The number of nitrogens with zero attached hydrogens (tertiary/aromatic N) is 4. The van der Waals surface area contributed by atoms with Crippen LogP contribution in [0.1, 0.15) is 55.1 Å². The average molecular weight is 395 g/mol. The van der Waals surface area contributed by atoms with Crippen molar-refractivity contribution in [2.45, 2.75) is 45.6 Å². The Bertz CT molecular complexity index is 878. The third-order valence-corrected chi connectivity index (χ3v) is 6.55. The minimum Gasteiger partial charge on any atom is -0.342 e. The van der Waals surface area contributed by atoms with E-state index in [1.54, 1.807) is 10.7 Å². The Hall–Kier alpha value is -2.63. The number of benzene rings is 1. The second kappa shape index (κ2) is 8.01. The molecule has 2 amide bonds. The fourth-order valence-corrected chi connectivity index (χ4v) is 4.69. The minimum atomic E-state index is 0.0107. The van der Waals surface area contributed by atoms with Crippen LogP contribution in [0.5, 0.6) is 0 Å². The summed E-state index contributed by atoms with van der Waals surface area (Å²) in [7, 11) is 0. The lowest BCUT2D eigenvalue weighted by molar-refractivity contribution is -0.130. The van der Waals surface area contributed by atoms with Crippen LogP contribution in [0.3, 0.4) is 0 Å². The molecule has 3 heterocycles. The molecule has 2 aliphatic rings. The summed E-state index contributed by atoms with van der Waals surface area (Å²) in [6.45, 7) is 7.92. The van der Waals surface area contributed by atoms with Gasteiger partial charge in [0.15, 0.2) is 0 Å². The molecule has 6 heteroatoms. The smallest absolute Gasteiger partial charge is 0.274 e. The Morgan fingerprint density at radius 3 is 2.45 bits per heavy atom. The molecule has 0 bridgehead atoms. The average Bonchev–Trinajstić information content (AvgIpc) is 3.48. The van der Waals surface area contributed by atoms with Crippen molar-refractivity contribution in [2.24, 2.45) is 5.41 Å². The number of amides is 2. The topological polar surface area (TPSA) is 58.4 Å². The molecule has 2 fully saturated rings. The fraction of sp³-hybridized carbons (Fsp3) is 0.522. The molecule has 0 aliphatic carbocycles. The first-order valence-electron chi connectivity index (χ1n) is 10.7. The molecule has 2 atom stereocenters. The van der Waals surface area contributed by atoms with Gasteiger partial charge in [0.25, 0.3) is 5.91 Å². The summed E-state index contributed by atoms with van der Waals surface area (Å²) in [4.78, 5) is 29.6. The lowest BCUT2D eigenvalue weighted by atomic mass is 9.86. The zero-order valence-corrected chi connectivity index (χ0v) is 17.4. The van der Waals surface area contributed by atoms with Gasteiger partial charge in [-0.05, 0) is 37.3 Å². The van der Waals surface area contributed by atoms with Crippen molar-refractivity contribution in [3.8, 4) is 0 Å². The monoisotopic (exact) mass is 394 g/mol. The van der Waals surface area contributed by atoms with E-state index in [-0.39, 0.29) is 23.1 Å². The van der Waals surface area contributed by atoms with Crippen molar-refractivity contribution < 1.29 is 9.59 Å². The van der Waals surface area contributed by atoms with E-state index in [4.69, 9.17) is 0 Å². The summed E-state index contributed by atoms with van der Waals surface area (Å²) in [6, 6.07) is 12.0. The Morgan fingerprint density at radius 1 is 1.07 bits per heavy atom. The quantitative estimate of drug-likeness (QED) is 0.783. The number of hydrogen-bond acceptors (Lipinski definition) is 3. The van der Waals surface area contributed by atoms with Crippen LogP contribution in [-0.2, 0) is 11.3 Å². The maximum absolute atomic E-state index is 12.9. The predicted molar refractivity (Wildman–Crippen MR) is 112 cm³/mol. The molecule has 6 nitrogen and oxygen atoms in total. The van der Waals surface area contributed by atoms with Gasteiger partial charge in [-0.1, -0.05) is 37.3 Å². The highest BCUT2D eigenvalue weighted by Gasteiger charge is 2.46. The zero-order valence-electron chi connectivity index (χ0n) is 17.4. The van der Waals surface area contributed by atoms with Gasteiger partial charge < -0.3 is 9.80 Å². The van der Waals surface area contributed by atoms with Crippen molar-refractivity contribution in [3.05, 3.63) is 53.9 Å². The van der Waals surface area contributed by atoms with Crippen molar-refractivity contribution in [3.63, 3.8) is 0 Å². The summed E-state index contributed by atoms with van der Waals surface area (Å²) in [5.41, 5.74) is 1.78. The van der Waals surface area contributed by atoms with E-state index in [1.165, 1.54) is 5.56 Å². The highest BCUT2D eigenvalue weighted by Crippen LogP contribution is 2.40. The number of carbonyl (C=O) groups is 2. The molecule has 4 rings (SSSR count). The van der Waals surface area contributed by atoms with Crippen LogP contribution in [0.2, 0.25) is 0 Å². The van der Waals surface area contributed by atoms with Crippen LogP contribution >= 0.6 is 0 Å². The second-order valence-electron chi connectivity index (χ2n) is 8.61. The number of hydrogen-bond donors (Lipinski definition) is 0. The van der Waals surface area contributed by atoms with Crippen LogP contribution in [0.4, 0.5) is 0 Å². The predicted octanol–water partition coefficient (Wildman–Crippen LogP) is 3.16. The lowest BCUT2D eigenvalue weighted by Crippen LogP contribution is -2.36. The SMILES string of the molecule is CCn1ccc(C(=O)N2CCC3(CCN(C(=O)CC(C)c4ccccc4)C3)C2)n1. The molecule has 1 aromatic carbocycles. The first-order chi connectivity index (χ1) is 14.0. The third kappa shape index (κ3) is 4.07. The van der Waals surface area contributed by atoms with Crippen LogP contribution in [0, 0.1) is 5.41 Å². The normalized spacial score (nSPS) is 22.4. The van der Waals surface area contributed by atoms with Gasteiger partial charge in [0.1, 0.15) is 5.69 Å². The number of aryl methyl sites for hydroxylation is 1. The van der Waals surface area contributed by atoms with E-state index >= 15 is 0 Å². The molecule has 2 saturated heterocycles. The molecular formula is C23H30N4O2. The molecule has 2 aliphatic heterocycles. The largest absolute Gasteiger partial charge is 0.342 e. The summed E-state index contributed by atoms with van der Waals surface area (Å²) in [5, 5.41) is 4.35. The molecule has 0 saturated carbocycles. The van der Waals surface area contributed by atoms with E-state index in [0.29, 0.717) is 12.1 Å². The van der Waals surface area contributed by atoms with Gasteiger partial charge in [0.2, 0.25) is 5.91 Å². The van der Waals surface area contributed by atoms with E-state index in [1.807, 2.05) is 41.1 Å². The number of carbonyl (C=O) groups excluding carboxylic acids is 2. The van der Waals surface area contributed by atoms with Crippen LogP contribution in [-0.4, -0.2) is 57.6 Å². The number of likely N-dealkylation sites (tertiary alicyclic amines) is 2. The summed E-state index contributed by atoms with van der Waals surface area (Å²) < 4.78 is 1.78. The van der Waals surface area contributed by atoms with E-state index in [0.717, 1.165) is 45.6 Å². The first kappa shape index (κ1) is 19.7. The van der Waals surface area contributed by atoms with Crippen LogP contribution < -0.4 is 0 Å². The van der Waals surface area contributed by atoms with Crippen molar-refractivity contribution in [2.75, 3.05) is 26.2 Å². The van der Waals surface area contributed by atoms with Gasteiger partial charge in [-0.2, -0.15) is 5.10 Å². The molecule has 1 spiro atoms. The Labute approximate surface area is 172 Å². The van der Waals surface area contributed by atoms with Gasteiger partial charge in [-0.3, -0.25) is 14.3 Å². The molecule has 0 N–H and O–H groups in total. The molecule has 0 radical (unpaired) electrons. The Morgan fingerprint density at radius 2 is 1.76 bits per heavy atom. The fourth-order valence-electron chi connectivity index (χ4n) is 4.69. The van der Waals surface area contributed by atoms with Crippen molar-refractivity contribution >= 4 is 11.8 Å². The highest BCUT2D eigenvalue weighted by atomic mass is 16.2. The van der Waals surface area contributed by atoms with Gasteiger partial charge >= 0.3 is 0 Å². The van der Waals surface area contributed by atoms with Crippen molar-refractivity contribution in [1.29, 1.82) is 0 Å². The lowest BCUT2D eigenvalue weighted by Gasteiger charge is -2.25. The van der Waals surface area contributed by atoms with E-state index in [2.05, 4.69) is 24.2 Å². The minimum absolute atomic E-state index is 0.0107. The summed E-state index contributed by atoms with van der Waals surface area (Å²) in [6.07, 6.45) is 4.33. The molecule has 29 heavy (non-hydrogen) atoms. The zero-order chi connectivity index (χ0) is 20.4. The Balaban J connectivity index is 1.34. The standard InChI is InChI=1S/C23H30N4O2/c1-3-27-12-9-20(24-27)22(29)26-14-11-23(17-26)10-13-25(16-23)21(28)15-18(2)19-7-5-4-6-8-19/h4-9,12,18H,3,10-11,13-17H2,1-2H3. The summed E-state index contributed by atoms with van der Waals surface area (Å²) >= 11 is 0. The van der Waals surface area contributed by atoms with Crippen LogP contribution in [0.15, 0.2) is 42.6 Å². The van der Waals surface area contributed by atoms with E-state index in [9.17, 15) is 9.59 Å². The second-order valence-corrected chi connectivity index (χ2v) is 8.61. The highest BCUT2D eigenvalue weighted by molar-refractivity contribution is 5.92. The summed E-state index contributed by atoms with van der Waals surface area (Å²) in [5.74, 6) is 0.455. The molecule has 2 aromatic rings. The third-order valence-electron chi connectivity index (χ3n) is 6.55. The van der Waals surface area contributed by atoms with Crippen molar-refractivity contribution in [1.82, 2.24) is 19.6 Å². The van der Waals surface area contributed by atoms with Crippen LogP contribution in [0.25, 0.3) is 0 Å². The molecule has 154 valence electrons. The maximum atomic E-state index is 12.9.